The summed E-state index contributed by atoms with van der Waals surface area (Å²) in [6.45, 7) is 5.28. The van der Waals surface area contributed by atoms with Gasteiger partial charge in [-0.05, 0) is 56.2 Å². The predicted octanol–water partition coefficient (Wildman–Crippen LogP) is 7.70. The molecule has 3 N–H and O–H groups in total. The maximum atomic E-state index is 14.1. The summed E-state index contributed by atoms with van der Waals surface area (Å²) in [5.74, 6) is -1.15. The lowest BCUT2D eigenvalue weighted by Gasteiger charge is -2.25. The fourth-order valence-electron chi connectivity index (χ4n) is 6.89. The molecule has 1 unspecified atom stereocenters. The number of nitrogen functional groups attached to an aromatic ring is 1. The number of nitriles is 1. The number of phosphoric ester groups is 1. The van der Waals surface area contributed by atoms with Crippen molar-refractivity contribution in [2.75, 3.05) is 18.9 Å². The van der Waals surface area contributed by atoms with Gasteiger partial charge in [-0.25, -0.2) is 18.5 Å². The Balaban J connectivity index is 1.14. The van der Waals surface area contributed by atoms with Crippen LogP contribution in [0.5, 0.6) is 0 Å². The van der Waals surface area contributed by atoms with Crippen LogP contribution in [-0.4, -0.2) is 62.9 Å². The number of hydrogen-bond donors (Lipinski definition) is 2. The van der Waals surface area contributed by atoms with Crippen molar-refractivity contribution in [2.24, 2.45) is 0 Å². The van der Waals surface area contributed by atoms with E-state index in [-0.39, 0.29) is 25.4 Å². The van der Waals surface area contributed by atoms with Crippen LogP contribution >= 0.6 is 7.82 Å². The first kappa shape index (κ1) is 40.2. The van der Waals surface area contributed by atoms with E-state index in [9.17, 15) is 19.1 Å². The van der Waals surface area contributed by atoms with Crippen molar-refractivity contribution < 1.29 is 41.8 Å². The lowest BCUT2D eigenvalue weighted by Crippen LogP contribution is -2.32. The molecule has 6 atom stereocenters. The molecule has 13 nitrogen and oxygen atoms in total. The lowest BCUT2D eigenvalue weighted by atomic mass is 10.0. The zero-order valence-corrected chi connectivity index (χ0v) is 31.3. The Kier molecular flexibility index (Phi) is 14.6. The molecule has 52 heavy (non-hydrogen) atoms. The molecular weight excluding hydrogens is 692 g/mol. The SMILES string of the molecule is CCCCCCCCCCCCC[C@@H](COP(=O)(O)OC[C@H]1O[C@@H](c2ccc3c(N)ncnn23)[C@@H]2OC(C)(C)O[C@@H]21)OCc1cc(F)cc(C#N)c1. The van der Waals surface area contributed by atoms with Gasteiger partial charge in [0.05, 0.1) is 43.3 Å². The highest BCUT2D eigenvalue weighted by molar-refractivity contribution is 7.47. The third kappa shape index (κ3) is 11.3. The van der Waals surface area contributed by atoms with E-state index in [1.54, 1.807) is 30.5 Å². The maximum absolute atomic E-state index is 14.1. The van der Waals surface area contributed by atoms with Gasteiger partial charge in [0, 0.05) is 0 Å². The fraction of sp³-hybridized carbons (Fsp3) is 0.649. The lowest BCUT2D eigenvalue weighted by molar-refractivity contribution is -0.191. The van der Waals surface area contributed by atoms with E-state index < -0.39 is 49.9 Å². The summed E-state index contributed by atoms with van der Waals surface area (Å²) in [4.78, 5) is 14.8. The molecule has 0 spiro atoms. The number of phosphoric acid groups is 1. The monoisotopic (exact) mass is 745 g/mol. The van der Waals surface area contributed by atoms with Gasteiger partial charge in [0.1, 0.15) is 42.1 Å². The Morgan fingerprint density at radius 3 is 2.44 bits per heavy atom. The van der Waals surface area contributed by atoms with Gasteiger partial charge in [0.15, 0.2) is 11.6 Å². The molecule has 0 amide bonds. The molecule has 15 heteroatoms. The summed E-state index contributed by atoms with van der Waals surface area (Å²) in [6, 6.07) is 9.57. The number of nitrogens with zero attached hydrogens (tertiary/aromatic N) is 4. The summed E-state index contributed by atoms with van der Waals surface area (Å²) in [6.07, 6.45) is 11.8. The predicted molar refractivity (Wildman–Crippen MR) is 191 cm³/mol. The second kappa shape index (κ2) is 18.9. The van der Waals surface area contributed by atoms with Crippen molar-refractivity contribution in [3.8, 4) is 6.07 Å². The first-order valence-corrected chi connectivity index (χ1v) is 20.0. The molecule has 4 heterocycles. The molecule has 0 radical (unpaired) electrons. The number of nitrogens with two attached hydrogens (primary N) is 1. The minimum atomic E-state index is -4.58. The van der Waals surface area contributed by atoms with Gasteiger partial charge in [0.2, 0.25) is 0 Å². The summed E-state index contributed by atoms with van der Waals surface area (Å²) in [5.41, 5.74) is 7.97. The zero-order valence-electron chi connectivity index (χ0n) is 30.5. The quantitative estimate of drug-likeness (QED) is 0.0759. The number of hydrogen-bond acceptors (Lipinski definition) is 11. The topological polar surface area (TPSA) is 173 Å². The van der Waals surface area contributed by atoms with Gasteiger partial charge in [-0.3, -0.25) is 9.05 Å². The number of rotatable bonds is 22. The number of unbranched alkanes of at least 4 members (excludes halogenated alkanes) is 10. The van der Waals surface area contributed by atoms with Crippen LogP contribution in [0.3, 0.4) is 0 Å². The molecular formula is C37H53FN5O8P. The molecule has 2 aliphatic heterocycles. The standard InChI is InChI=1S/C37H53FN5O8P/c1-4-5-6-7-8-9-10-11-12-13-14-15-29(46-22-27-18-26(21-39)19-28(38)20-27)23-47-52(44,45)48-24-32-34-35(51-37(2,3)50-34)33(49-32)30-16-17-31-36(40)41-25-42-43(30)31/h16-20,25,29,32-35H,4-15,22-24H2,1-3H3,(H,44,45)(H2,40,41,42)/t29-,32+,33-,34+,35-/m0/s1. The van der Waals surface area contributed by atoms with Crippen LogP contribution in [0.2, 0.25) is 0 Å². The van der Waals surface area contributed by atoms with Gasteiger partial charge < -0.3 is 29.6 Å². The molecule has 286 valence electrons. The van der Waals surface area contributed by atoms with Gasteiger partial charge in [-0.1, -0.05) is 77.6 Å². The van der Waals surface area contributed by atoms with Gasteiger partial charge in [-0.2, -0.15) is 10.4 Å². The van der Waals surface area contributed by atoms with Crippen molar-refractivity contribution in [3.63, 3.8) is 0 Å². The van der Waals surface area contributed by atoms with Crippen LogP contribution in [-0.2, 0) is 39.2 Å². The van der Waals surface area contributed by atoms with Crippen LogP contribution < -0.4 is 5.73 Å². The fourth-order valence-corrected chi connectivity index (χ4v) is 7.65. The average molecular weight is 746 g/mol. The Hall–Kier alpha value is -2.99. The molecule has 0 saturated carbocycles. The smallest absolute Gasteiger partial charge is 0.382 e. The van der Waals surface area contributed by atoms with Crippen molar-refractivity contribution in [1.82, 2.24) is 14.6 Å². The summed E-state index contributed by atoms with van der Waals surface area (Å²) < 4.78 is 64.5. The molecule has 1 aromatic carbocycles. The van der Waals surface area contributed by atoms with Crippen LogP contribution in [0.4, 0.5) is 10.2 Å². The van der Waals surface area contributed by atoms with E-state index in [0.29, 0.717) is 29.0 Å². The number of ether oxygens (including phenoxy) is 4. The number of halogens is 1. The minimum Gasteiger partial charge on any atom is -0.382 e. The second-order valence-corrected chi connectivity index (χ2v) is 15.6. The molecule has 5 rings (SSSR count). The van der Waals surface area contributed by atoms with Crippen molar-refractivity contribution in [3.05, 3.63) is 59.3 Å². The number of benzene rings is 1. The van der Waals surface area contributed by atoms with Crippen molar-refractivity contribution in [2.45, 2.75) is 141 Å². The molecule has 0 bridgehead atoms. The number of anilines is 1. The third-order valence-electron chi connectivity index (χ3n) is 9.48. The third-order valence-corrected chi connectivity index (χ3v) is 10.4. The van der Waals surface area contributed by atoms with Crippen LogP contribution in [0, 0.1) is 17.1 Å². The summed E-state index contributed by atoms with van der Waals surface area (Å²) in [5, 5.41) is 13.6. The number of fused-ring (bicyclic) bond motifs is 2. The minimum absolute atomic E-state index is 0.00751. The first-order valence-electron chi connectivity index (χ1n) is 18.5. The van der Waals surface area contributed by atoms with E-state index in [1.807, 2.05) is 12.1 Å². The van der Waals surface area contributed by atoms with E-state index in [4.69, 9.17) is 33.7 Å². The molecule has 0 aliphatic carbocycles. The molecule has 2 aliphatic rings. The summed E-state index contributed by atoms with van der Waals surface area (Å²) in [7, 11) is -4.58. The second-order valence-electron chi connectivity index (χ2n) is 14.1. The zero-order chi connectivity index (χ0) is 37.1. The highest BCUT2D eigenvalue weighted by atomic mass is 31.2. The van der Waals surface area contributed by atoms with E-state index in [0.717, 1.165) is 31.7 Å². The molecule has 3 aromatic rings. The highest BCUT2D eigenvalue weighted by Crippen LogP contribution is 2.49. The van der Waals surface area contributed by atoms with E-state index in [1.165, 1.54) is 57.3 Å². The molecule has 2 saturated heterocycles. The number of aromatic nitrogens is 3. The normalized spacial score (nSPS) is 22.7. The molecule has 2 fully saturated rings. The van der Waals surface area contributed by atoms with Crippen LogP contribution in [0.25, 0.3) is 5.52 Å². The van der Waals surface area contributed by atoms with E-state index >= 15 is 0 Å². The van der Waals surface area contributed by atoms with Crippen LogP contribution in [0.15, 0.2) is 36.7 Å². The first-order chi connectivity index (χ1) is 25.0. The van der Waals surface area contributed by atoms with Gasteiger partial charge in [-0.15, -0.1) is 0 Å². The summed E-state index contributed by atoms with van der Waals surface area (Å²) >= 11 is 0. The van der Waals surface area contributed by atoms with E-state index in [2.05, 4.69) is 17.0 Å². The van der Waals surface area contributed by atoms with Crippen molar-refractivity contribution >= 4 is 19.2 Å². The molecule has 2 aromatic heterocycles. The largest absolute Gasteiger partial charge is 0.472 e. The Labute approximate surface area is 305 Å². The van der Waals surface area contributed by atoms with Gasteiger partial charge in [0.25, 0.3) is 0 Å². The Morgan fingerprint density at radius 1 is 1.04 bits per heavy atom. The average Bonchev–Trinajstić information content (AvgIpc) is 3.78. The van der Waals surface area contributed by atoms with Crippen molar-refractivity contribution in [1.29, 1.82) is 5.26 Å². The Morgan fingerprint density at radius 2 is 1.73 bits per heavy atom. The Bertz CT molecular complexity index is 1690. The maximum Gasteiger partial charge on any atom is 0.472 e. The van der Waals surface area contributed by atoms with Gasteiger partial charge >= 0.3 is 7.82 Å². The highest BCUT2D eigenvalue weighted by Gasteiger charge is 2.56. The van der Waals surface area contributed by atoms with Crippen LogP contribution in [0.1, 0.15) is 121 Å².